The first-order valence-corrected chi connectivity index (χ1v) is 6.32. The summed E-state index contributed by atoms with van der Waals surface area (Å²) in [5, 5.41) is 0. The van der Waals surface area contributed by atoms with Crippen molar-refractivity contribution in [2.45, 2.75) is 52.3 Å². The first-order valence-electron chi connectivity index (χ1n) is 6.32. The molecule has 0 radical (unpaired) electrons. The van der Waals surface area contributed by atoms with Gasteiger partial charge in [-0.25, -0.2) is 0 Å². The maximum absolute atomic E-state index is 12.2. The van der Waals surface area contributed by atoms with E-state index in [2.05, 4.69) is 18.7 Å². The molecule has 0 aliphatic rings. The second-order valence-electron chi connectivity index (χ2n) is 4.25. The molecule has 0 saturated carbocycles. The van der Waals surface area contributed by atoms with E-state index in [0.717, 1.165) is 39.3 Å². The third-order valence-electron chi connectivity index (χ3n) is 2.60. The Morgan fingerprint density at radius 1 is 1.06 bits per heavy atom. The highest BCUT2D eigenvalue weighted by atomic mass is 19.4. The molecule has 0 heterocycles. The molecule has 0 bridgehead atoms. The van der Waals surface area contributed by atoms with E-state index in [1.54, 1.807) is 0 Å². The number of alkyl halides is 3. The van der Waals surface area contributed by atoms with Crippen LogP contribution in [0.1, 0.15) is 40.0 Å². The van der Waals surface area contributed by atoms with E-state index < -0.39 is 12.3 Å². The Kier molecular flexibility index (Phi) is 8.60. The number of unbranched alkanes of at least 4 members (excludes halogenated alkanes) is 1. The lowest BCUT2D eigenvalue weighted by Crippen LogP contribution is -2.34. The Labute approximate surface area is 102 Å². The minimum Gasteiger partial charge on any atom is -0.368 e. The highest BCUT2D eigenvalue weighted by Gasteiger charge is 2.36. The molecule has 1 unspecified atom stereocenters. The van der Waals surface area contributed by atoms with E-state index in [1.807, 2.05) is 0 Å². The molecular formula is C12H24F3NO. The molecule has 0 spiro atoms. The summed E-state index contributed by atoms with van der Waals surface area (Å²) >= 11 is 0. The number of hydrogen-bond acceptors (Lipinski definition) is 2. The Bertz CT molecular complexity index is 185. The van der Waals surface area contributed by atoms with Crippen LogP contribution in [-0.4, -0.2) is 43.4 Å². The van der Waals surface area contributed by atoms with Crippen molar-refractivity contribution in [2.24, 2.45) is 0 Å². The van der Waals surface area contributed by atoms with E-state index in [9.17, 15) is 13.2 Å². The van der Waals surface area contributed by atoms with Crippen LogP contribution in [0.15, 0.2) is 0 Å². The lowest BCUT2D eigenvalue weighted by atomic mass is 10.3. The molecule has 0 rings (SSSR count). The van der Waals surface area contributed by atoms with Crippen LogP contribution in [0.25, 0.3) is 0 Å². The third-order valence-corrected chi connectivity index (χ3v) is 2.60. The summed E-state index contributed by atoms with van der Waals surface area (Å²) in [6.45, 7) is 7.80. The Balaban J connectivity index is 3.80. The molecule has 0 aromatic carbocycles. The Morgan fingerprint density at radius 3 is 2.18 bits per heavy atom. The molecule has 0 aliphatic heterocycles. The van der Waals surface area contributed by atoms with Gasteiger partial charge in [0.1, 0.15) is 0 Å². The lowest BCUT2D eigenvalue weighted by molar-refractivity contribution is -0.214. The van der Waals surface area contributed by atoms with Crippen molar-refractivity contribution in [3.63, 3.8) is 0 Å². The van der Waals surface area contributed by atoms with Crippen molar-refractivity contribution in [3.05, 3.63) is 0 Å². The fraction of sp³-hybridized carbons (Fsp3) is 1.00. The predicted octanol–water partition coefficient (Wildman–Crippen LogP) is 3.47. The van der Waals surface area contributed by atoms with Gasteiger partial charge in [0.05, 0.1) is 6.61 Å². The number of nitrogens with zero attached hydrogens (tertiary/aromatic N) is 1. The Hall–Kier alpha value is -0.290. The summed E-state index contributed by atoms with van der Waals surface area (Å²) in [7, 11) is 0. The van der Waals surface area contributed by atoms with E-state index in [-0.39, 0.29) is 6.61 Å². The van der Waals surface area contributed by atoms with Crippen molar-refractivity contribution in [3.8, 4) is 0 Å². The van der Waals surface area contributed by atoms with Gasteiger partial charge in [0, 0.05) is 6.54 Å². The van der Waals surface area contributed by atoms with Crippen LogP contribution < -0.4 is 0 Å². The predicted molar refractivity (Wildman–Crippen MR) is 63.1 cm³/mol. The van der Waals surface area contributed by atoms with Crippen molar-refractivity contribution in [1.82, 2.24) is 4.90 Å². The van der Waals surface area contributed by atoms with Gasteiger partial charge < -0.3 is 9.64 Å². The molecule has 104 valence electrons. The van der Waals surface area contributed by atoms with Gasteiger partial charge in [-0.15, -0.1) is 0 Å². The first kappa shape index (κ1) is 16.7. The SMILES string of the molecule is CCCCN(CCC)CCOC(C)C(F)(F)F. The molecule has 5 heteroatoms. The monoisotopic (exact) mass is 255 g/mol. The molecule has 0 aromatic heterocycles. The van der Waals surface area contributed by atoms with E-state index in [4.69, 9.17) is 4.74 Å². The van der Waals surface area contributed by atoms with Gasteiger partial charge >= 0.3 is 6.18 Å². The van der Waals surface area contributed by atoms with Gasteiger partial charge in [0.2, 0.25) is 0 Å². The molecule has 0 fully saturated rings. The summed E-state index contributed by atoms with van der Waals surface area (Å²) < 4.78 is 41.4. The average molecular weight is 255 g/mol. The van der Waals surface area contributed by atoms with Gasteiger partial charge in [-0.05, 0) is 32.9 Å². The standard InChI is InChI=1S/C12H24F3NO/c1-4-6-8-16(7-5-2)9-10-17-11(3)12(13,14)15/h11H,4-10H2,1-3H3. The van der Waals surface area contributed by atoms with Crippen LogP contribution in [0.4, 0.5) is 13.2 Å². The molecule has 0 saturated heterocycles. The lowest BCUT2D eigenvalue weighted by Gasteiger charge is -2.23. The minimum absolute atomic E-state index is 0.143. The van der Waals surface area contributed by atoms with Crippen LogP contribution in [0.3, 0.4) is 0 Å². The minimum atomic E-state index is -4.25. The normalized spacial score (nSPS) is 14.3. The average Bonchev–Trinajstić information content (AvgIpc) is 2.24. The highest BCUT2D eigenvalue weighted by molar-refractivity contribution is 4.62. The topological polar surface area (TPSA) is 12.5 Å². The summed E-state index contributed by atoms with van der Waals surface area (Å²) in [5.41, 5.74) is 0. The van der Waals surface area contributed by atoms with Gasteiger partial charge in [-0.1, -0.05) is 20.3 Å². The summed E-state index contributed by atoms with van der Waals surface area (Å²) in [4.78, 5) is 2.16. The fourth-order valence-corrected chi connectivity index (χ4v) is 1.49. The van der Waals surface area contributed by atoms with Gasteiger partial charge in [0.25, 0.3) is 0 Å². The number of rotatable bonds is 9. The summed E-state index contributed by atoms with van der Waals surface area (Å²) in [6, 6.07) is 0. The van der Waals surface area contributed by atoms with Crippen LogP contribution in [0.5, 0.6) is 0 Å². The number of ether oxygens (including phenoxy) is 1. The highest BCUT2D eigenvalue weighted by Crippen LogP contribution is 2.22. The molecule has 1 atom stereocenters. The molecule has 0 amide bonds. The second-order valence-corrected chi connectivity index (χ2v) is 4.25. The van der Waals surface area contributed by atoms with E-state index in [1.165, 1.54) is 0 Å². The largest absolute Gasteiger partial charge is 0.414 e. The van der Waals surface area contributed by atoms with Crippen molar-refractivity contribution < 1.29 is 17.9 Å². The fourth-order valence-electron chi connectivity index (χ4n) is 1.49. The van der Waals surface area contributed by atoms with Crippen LogP contribution in [0.2, 0.25) is 0 Å². The number of halogens is 3. The van der Waals surface area contributed by atoms with Crippen molar-refractivity contribution >= 4 is 0 Å². The summed E-state index contributed by atoms with van der Waals surface area (Å²) in [6.07, 6.45) is -2.73. The zero-order valence-electron chi connectivity index (χ0n) is 11.0. The third kappa shape index (κ3) is 8.44. The van der Waals surface area contributed by atoms with Gasteiger partial charge in [0.15, 0.2) is 6.10 Å². The van der Waals surface area contributed by atoms with Gasteiger partial charge in [-0.3, -0.25) is 0 Å². The second kappa shape index (κ2) is 8.75. The maximum Gasteiger partial charge on any atom is 0.414 e. The number of hydrogen-bond donors (Lipinski definition) is 0. The van der Waals surface area contributed by atoms with E-state index in [0.29, 0.717) is 6.54 Å². The van der Waals surface area contributed by atoms with Crippen molar-refractivity contribution in [1.29, 1.82) is 0 Å². The van der Waals surface area contributed by atoms with Crippen LogP contribution >= 0.6 is 0 Å². The quantitative estimate of drug-likeness (QED) is 0.625. The van der Waals surface area contributed by atoms with Crippen LogP contribution in [0, 0.1) is 0 Å². The zero-order chi connectivity index (χ0) is 13.3. The maximum atomic E-state index is 12.2. The van der Waals surface area contributed by atoms with Crippen molar-refractivity contribution in [2.75, 3.05) is 26.2 Å². The molecule has 0 N–H and O–H groups in total. The summed E-state index contributed by atoms with van der Waals surface area (Å²) in [5.74, 6) is 0. The zero-order valence-corrected chi connectivity index (χ0v) is 11.0. The van der Waals surface area contributed by atoms with E-state index >= 15 is 0 Å². The first-order chi connectivity index (χ1) is 7.91. The molecule has 0 aliphatic carbocycles. The van der Waals surface area contributed by atoms with Gasteiger partial charge in [-0.2, -0.15) is 13.2 Å². The molecule has 17 heavy (non-hydrogen) atoms. The molecular weight excluding hydrogens is 231 g/mol. The molecule has 2 nitrogen and oxygen atoms in total. The van der Waals surface area contributed by atoms with Crippen LogP contribution in [-0.2, 0) is 4.74 Å². The molecule has 0 aromatic rings. The Morgan fingerprint density at radius 2 is 1.71 bits per heavy atom. The smallest absolute Gasteiger partial charge is 0.368 e.